The van der Waals surface area contributed by atoms with Crippen molar-refractivity contribution < 1.29 is 0 Å². The van der Waals surface area contributed by atoms with Gasteiger partial charge in [-0.1, -0.05) is 140 Å². The summed E-state index contributed by atoms with van der Waals surface area (Å²) in [4.78, 5) is 15.6. The molecule has 0 N–H and O–H groups in total. The fourth-order valence-electron chi connectivity index (χ4n) is 9.49. The van der Waals surface area contributed by atoms with E-state index in [1.165, 1.54) is 70.2 Å². The first-order valence-electron chi connectivity index (χ1n) is 21.1. The molecule has 3 atom stereocenters. The zero-order valence-electron chi connectivity index (χ0n) is 34.5. The second-order valence-electron chi connectivity index (χ2n) is 16.4. The number of thiophene rings is 1. The summed E-state index contributed by atoms with van der Waals surface area (Å²) in [5.74, 6) is 0.204. The average molecular weight is 808 g/mol. The van der Waals surface area contributed by atoms with Crippen molar-refractivity contribution in [1.29, 1.82) is 0 Å². The molecule has 0 radical (unpaired) electrons. The van der Waals surface area contributed by atoms with E-state index in [0.29, 0.717) is 0 Å². The van der Waals surface area contributed by atoms with Crippen LogP contribution in [0.3, 0.4) is 0 Å². The van der Waals surface area contributed by atoms with Crippen LogP contribution in [0.2, 0.25) is 0 Å². The number of fused-ring (bicyclic) bond motifs is 5. The largest absolute Gasteiger partial charge is 0.377 e. The first kappa shape index (κ1) is 37.0. The van der Waals surface area contributed by atoms with E-state index in [9.17, 15) is 0 Å². The summed E-state index contributed by atoms with van der Waals surface area (Å²) < 4.78 is 3.92. The molecule has 296 valence electrons. The summed E-state index contributed by atoms with van der Waals surface area (Å²) >= 11 is 1.92. The summed E-state index contributed by atoms with van der Waals surface area (Å²) in [5, 5.41) is 3.93. The van der Waals surface area contributed by atoms with Crippen LogP contribution in [0.4, 0.5) is 0 Å². The summed E-state index contributed by atoms with van der Waals surface area (Å²) in [6, 6.07) is 48.6. The quantitative estimate of drug-likeness (QED) is 0.161. The van der Waals surface area contributed by atoms with Gasteiger partial charge in [0.25, 0.3) is 0 Å². The highest BCUT2D eigenvalue weighted by Gasteiger charge is 2.31. The zero-order valence-corrected chi connectivity index (χ0v) is 35.3. The Morgan fingerprint density at radius 1 is 0.656 bits per heavy atom. The minimum atomic E-state index is -0.196. The van der Waals surface area contributed by atoms with Crippen molar-refractivity contribution in [3.05, 3.63) is 211 Å². The van der Waals surface area contributed by atoms with Crippen molar-refractivity contribution in [3.8, 4) is 21.6 Å². The van der Waals surface area contributed by atoms with Crippen molar-refractivity contribution in [1.82, 2.24) is 19.4 Å². The molecule has 3 unspecified atom stereocenters. The molecule has 0 spiro atoms. The molecular formula is C55H45N5S. The molecule has 6 heteroatoms. The molecule has 11 rings (SSSR count). The van der Waals surface area contributed by atoms with E-state index in [0.717, 1.165) is 29.1 Å². The first-order chi connectivity index (χ1) is 30.0. The highest BCUT2D eigenvalue weighted by atomic mass is 32.1. The van der Waals surface area contributed by atoms with Crippen LogP contribution < -0.4 is 0 Å². The van der Waals surface area contributed by atoms with Crippen LogP contribution >= 0.6 is 11.3 Å². The standard InChI is InChI=1S/C55H45N5S/c1-36-34-43(55-57-46(35-50(59(55)3)40-26-30-56-31-27-40)39-20-18-37(19-21-39)38-28-32-58(2)33-29-38)22-24-47(36)60-48-17-11-10-16-44(48)52-49(60)25-23-45-51(41-12-6-4-7-13-41)53(61-54(45)52)42-14-8-5-9-15-42/h4-32,34-36,47,55H,33H2,1-3H3. The number of rotatable bonds is 7. The van der Waals surface area contributed by atoms with Crippen molar-refractivity contribution in [3.63, 3.8) is 0 Å². The van der Waals surface area contributed by atoms with Crippen LogP contribution in [0.1, 0.15) is 29.7 Å². The number of para-hydroxylation sites is 1. The number of pyridine rings is 1. The van der Waals surface area contributed by atoms with Crippen molar-refractivity contribution in [2.45, 2.75) is 19.1 Å². The second-order valence-corrected chi connectivity index (χ2v) is 17.4. The van der Waals surface area contributed by atoms with Gasteiger partial charge in [-0.3, -0.25) is 9.98 Å². The van der Waals surface area contributed by atoms with E-state index in [4.69, 9.17) is 4.99 Å². The van der Waals surface area contributed by atoms with Gasteiger partial charge in [0, 0.05) is 81.1 Å². The number of hydrogen-bond donors (Lipinski definition) is 0. The van der Waals surface area contributed by atoms with E-state index in [1.54, 1.807) is 0 Å². The van der Waals surface area contributed by atoms with Crippen LogP contribution in [-0.2, 0) is 0 Å². The van der Waals surface area contributed by atoms with Crippen LogP contribution in [0.15, 0.2) is 199 Å². The summed E-state index contributed by atoms with van der Waals surface area (Å²) in [5.41, 5.74) is 14.3. The molecule has 0 fully saturated rings. The maximum Gasteiger partial charge on any atom is 0.147 e. The zero-order chi connectivity index (χ0) is 41.0. The van der Waals surface area contributed by atoms with E-state index in [-0.39, 0.29) is 18.1 Å². The molecule has 0 bridgehead atoms. The third-order valence-electron chi connectivity index (χ3n) is 12.6. The molecule has 0 amide bonds. The maximum atomic E-state index is 5.49. The van der Waals surface area contributed by atoms with Gasteiger partial charge in [-0.15, -0.1) is 11.3 Å². The third kappa shape index (κ3) is 6.46. The van der Waals surface area contributed by atoms with Gasteiger partial charge in [-0.2, -0.15) is 0 Å². The Balaban J connectivity index is 0.992. The van der Waals surface area contributed by atoms with Gasteiger partial charge in [-0.05, 0) is 81.9 Å². The molecular weight excluding hydrogens is 763 g/mol. The van der Waals surface area contributed by atoms with Crippen LogP contribution in [0.25, 0.3) is 64.7 Å². The second kappa shape index (κ2) is 15.2. The van der Waals surface area contributed by atoms with Gasteiger partial charge >= 0.3 is 0 Å². The molecule has 5 aromatic carbocycles. The van der Waals surface area contributed by atoms with Gasteiger partial charge in [0.15, 0.2) is 0 Å². The number of aliphatic imine (C=N–C) groups is 1. The summed E-state index contributed by atoms with van der Waals surface area (Å²) in [6.07, 6.45) is 19.6. The number of aromatic nitrogens is 2. The number of benzene rings is 5. The lowest BCUT2D eigenvalue weighted by atomic mass is 9.90. The van der Waals surface area contributed by atoms with Crippen molar-refractivity contribution >= 4 is 60.2 Å². The number of hydrogen-bond acceptors (Lipinski definition) is 5. The smallest absolute Gasteiger partial charge is 0.147 e. The summed E-state index contributed by atoms with van der Waals surface area (Å²) in [7, 11) is 4.26. The van der Waals surface area contributed by atoms with E-state index in [2.05, 4.69) is 216 Å². The highest BCUT2D eigenvalue weighted by molar-refractivity contribution is 7.24. The molecule has 2 aliphatic heterocycles. The predicted molar refractivity (Wildman–Crippen MR) is 258 cm³/mol. The summed E-state index contributed by atoms with van der Waals surface area (Å²) in [6.45, 7) is 3.27. The maximum absolute atomic E-state index is 5.49. The lowest BCUT2D eigenvalue weighted by molar-refractivity contribution is 0.393. The minimum Gasteiger partial charge on any atom is -0.377 e. The van der Waals surface area contributed by atoms with E-state index >= 15 is 0 Å². The molecule has 0 saturated carbocycles. The van der Waals surface area contributed by atoms with Gasteiger partial charge in [0.05, 0.1) is 17.3 Å². The van der Waals surface area contributed by atoms with Crippen LogP contribution in [0.5, 0.6) is 0 Å². The third-order valence-corrected chi connectivity index (χ3v) is 13.9. The van der Waals surface area contributed by atoms with E-state index < -0.39 is 0 Å². The van der Waals surface area contributed by atoms with Gasteiger partial charge in [0.2, 0.25) is 0 Å². The SMILES string of the molecule is CC1C=C(C2N=C(c3ccc(C4=CCN(C)C=C4)cc3)C=C(c3ccncc3)N2C)C=CC1n1c2ccccc2c2c3sc(-c4ccccc4)c(-c4ccccc4)c3ccc21. The van der Waals surface area contributed by atoms with Crippen molar-refractivity contribution in [2.75, 3.05) is 20.6 Å². The fourth-order valence-corrected chi connectivity index (χ4v) is 10.9. The van der Waals surface area contributed by atoms with Gasteiger partial charge in [-0.25, -0.2) is 0 Å². The fraction of sp³-hybridized carbons (Fsp3) is 0.127. The molecule has 3 aromatic heterocycles. The average Bonchev–Trinajstić information content (AvgIpc) is 3.87. The Kier molecular flexibility index (Phi) is 9.24. The lowest BCUT2D eigenvalue weighted by Crippen LogP contribution is -2.35. The Bertz CT molecular complexity index is 3150. The Morgan fingerprint density at radius 2 is 1.38 bits per heavy atom. The topological polar surface area (TPSA) is 36.7 Å². The predicted octanol–water partition coefficient (Wildman–Crippen LogP) is 13.1. The Morgan fingerprint density at radius 3 is 2.11 bits per heavy atom. The Labute approximate surface area is 361 Å². The van der Waals surface area contributed by atoms with Crippen LogP contribution in [0, 0.1) is 5.92 Å². The minimum absolute atomic E-state index is 0.119. The number of allylic oxidation sites excluding steroid dienone is 5. The van der Waals surface area contributed by atoms with Gasteiger partial charge < -0.3 is 14.4 Å². The van der Waals surface area contributed by atoms with Crippen LogP contribution in [-0.4, -0.2) is 51.9 Å². The van der Waals surface area contributed by atoms with Crippen molar-refractivity contribution in [2.24, 2.45) is 10.9 Å². The number of likely N-dealkylation sites (N-methyl/N-ethyl adjacent to an activating group) is 2. The van der Waals surface area contributed by atoms with Gasteiger partial charge in [0.1, 0.15) is 6.17 Å². The molecule has 1 aliphatic carbocycles. The molecule has 3 aliphatic rings. The lowest BCUT2D eigenvalue weighted by Gasteiger charge is -2.36. The highest BCUT2D eigenvalue weighted by Crippen LogP contribution is 2.50. The van der Waals surface area contributed by atoms with E-state index in [1.807, 2.05) is 23.7 Å². The molecule has 8 aromatic rings. The monoisotopic (exact) mass is 807 g/mol. The molecule has 0 saturated heterocycles. The Hall–Kier alpha value is -7.02. The molecule has 5 nitrogen and oxygen atoms in total. The first-order valence-corrected chi connectivity index (χ1v) is 21.9. The number of nitrogens with zero attached hydrogens (tertiary/aromatic N) is 5. The normalized spacial score (nSPS) is 19.0. The molecule has 61 heavy (non-hydrogen) atoms. The molecule has 5 heterocycles.